The van der Waals surface area contributed by atoms with Crippen molar-refractivity contribution in [2.75, 3.05) is 5.32 Å². The van der Waals surface area contributed by atoms with Crippen LogP contribution in [0.1, 0.15) is 29.3 Å². The fraction of sp³-hybridized carbons (Fsp3) is 0.167. The van der Waals surface area contributed by atoms with Crippen molar-refractivity contribution in [3.05, 3.63) is 64.4 Å². The first-order valence-electron chi connectivity index (χ1n) is 7.82. The number of carbonyl (C=O) groups is 2. The van der Waals surface area contributed by atoms with Crippen molar-refractivity contribution < 1.29 is 27.2 Å². The van der Waals surface area contributed by atoms with E-state index < -0.39 is 34.4 Å². The van der Waals surface area contributed by atoms with Crippen LogP contribution < -0.4 is 10.7 Å². The smallest absolute Gasteiger partial charge is 0.326 e. The van der Waals surface area contributed by atoms with Gasteiger partial charge in [-0.1, -0.05) is 11.6 Å². The molecule has 0 saturated heterocycles. The van der Waals surface area contributed by atoms with Gasteiger partial charge in [0, 0.05) is 17.0 Å². The van der Waals surface area contributed by atoms with E-state index in [1.165, 1.54) is 25.1 Å². The number of nitrogens with one attached hydrogen (secondary N) is 2. The Morgan fingerprint density at radius 3 is 2.36 bits per heavy atom. The highest BCUT2D eigenvalue weighted by atomic mass is 35.5. The molecule has 0 aromatic heterocycles. The van der Waals surface area contributed by atoms with Gasteiger partial charge >= 0.3 is 6.18 Å². The van der Waals surface area contributed by atoms with Gasteiger partial charge in [0.05, 0.1) is 17.0 Å². The van der Waals surface area contributed by atoms with Crippen molar-refractivity contribution >= 4 is 34.8 Å². The lowest BCUT2D eigenvalue weighted by Crippen LogP contribution is -2.21. The first-order valence-corrected chi connectivity index (χ1v) is 8.19. The van der Waals surface area contributed by atoms with E-state index in [0.717, 1.165) is 24.3 Å². The zero-order valence-corrected chi connectivity index (χ0v) is 15.2. The lowest BCUT2D eigenvalue weighted by molar-refractivity contribution is -0.137. The molecule has 2 aromatic rings. The summed E-state index contributed by atoms with van der Waals surface area (Å²) < 4.78 is 51.3. The van der Waals surface area contributed by atoms with Crippen LogP contribution >= 0.6 is 11.6 Å². The average Bonchev–Trinajstić information content (AvgIpc) is 2.61. The lowest BCUT2D eigenvalue weighted by atomic mass is 10.2. The molecule has 0 radical (unpaired) electrons. The standard InChI is InChI=1S/C18H14ClF4N3O2/c1-10(25-26-17(28)11-2-4-12(20)5-3-11)8-16(27)24-13-6-7-15(19)14(9-13)18(21,22)23/h2-7,9H,8H2,1H3,(H,24,27)(H,26,28)/b25-10+. The van der Waals surface area contributed by atoms with Crippen LogP contribution in [0.5, 0.6) is 0 Å². The molecule has 0 saturated carbocycles. The largest absolute Gasteiger partial charge is 0.417 e. The van der Waals surface area contributed by atoms with E-state index in [0.29, 0.717) is 0 Å². The summed E-state index contributed by atoms with van der Waals surface area (Å²) in [4.78, 5) is 23.8. The van der Waals surface area contributed by atoms with Crippen LogP contribution in [0.15, 0.2) is 47.6 Å². The van der Waals surface area contributed by atoms with Crippen molar-refractivity contribution in [1.29, 1.82) is 0 Å². The number of hydrazone groups is 1. The van der Waals surface area contributed by atoms with Gasteiger partial charge in [0.1, 0.15) is 5.82 Å². The summed E-state index contributed by atoms with van der Waals surface area (Å²) in [6, 6.07) is 7.74. The summed E-state index contributed by atoms with van der Waals surface area (Å²) in [5, 5.41) is 5.56. The third-order valence-corrected chi connectivity index (χ3v) is 3.76. The van der Waals surface area contributed by atoms with Gasteiger partial charge in [-0.25, -0.2) is 9.82 Å². The summed E-state index contributed by atoms with van der Waals surface area (Å²) >= 11 is 5.52. The van der Waals surface area contributed by atoms with Gasteiger partial charge in [0.25, 0.3) is 5.91 Å². The molecule has 0 bridgehead atoms. The van der Waals surface area contributed by atoms with Crippen LogP contribution in [0.25, 0.3) is 0 Å². The molecule has 0 atom stereocenters. The van der Waals surface area contributed by atoms with E-state index in [2.05, 4.69) is 15.8 Å². The van der Waals surface area contributed by atoms with Gasteiger partial charge < -0.3 is 5.32 Å². The Kier molecular flexibility index (Phi) is 6.74. The molecule has 2 amide bonds. The summed E-state index contributed by atoms with van der Waals surface area (Å²) in [5.74, 6) is -1.73. The molecule has 10 heteroatoms. The Bertz CT molecular complexity index is 912. The quantitative estimate of drug-likeness (QED) is 0.424. The predicted molar refractivity (Wildman–Crippen MR) is 96.7 cm³/mol. The van der Waals surface area contributed by atoms with Gasteiger partial charge in [0.2, 0.25) is 5.91 Å². The first-order chi connectivity index (χ1) is 13.1. The number of halogens is 5. The van der Waals surface area contributed by atoms with Crippen LogP contribution in [0, 0.1) is 5.82 Å². The van der Waals surface area contributed by atoms with Crippen molar-refractivity contribution in [3.8, 4) is 0 Å². The van der Waals surface area contributed by atoms with Crippen molar-refractivity contribution in [3.63, 3.8) is 0 Å². The van der Waals surface area contributed by atoms with E-state index >= 15 is 0 Å². The van der Waals surface area contributed by atoms with E-state index in [1.807, 2.05) is 0 Å². The second-order valence-electron chi connectivity index (χ2n) is 5.71. The van der Waals surface area contributed by atoms with E-state index in [4.69, 9.17) is 11.6 Å². The summed E-state index contributed by atoms with van der Waals surface area (Å²) in [6.45, 7) is 1.45. The van der Waals surface area contributed by atoms with Gasteiger partial charge in [-0.05, 0) is 49.4 Å². The third-order valence-electron chi connectivity index (χ3n) is 3.43. The molecule has 0 heterocycles. The van der Waals surface area contributed by atoms with Crippen LogP contribution in [0.2, 0.25) is 5.02 Å². The van der Waals surface area contributed by atoms with Gasteiger partial charge in [-0.3, -0.25) is 9.59 Å². The van der Waals surface area contributed by atoms with Gasteiger partial charge in [0.15, 0.2) is 0 Å². The van der Waals surface area contributed by atoms with Crippen LogP contribution in [0.4, 0.5) is 23.2 Å². The minimum atomic E-state index is -4.65. The Balaban J connectivity index is 1.96. The average molecular weight is 416 g/mol. The van der Waals surface area contributed by atoms with Crippen molar-refractivity contribution in [1.82, 2.24) is 5.43 Å². The van der Waals surface area contributed by atoms with Crippen LogP contribution in [0.3, 0.4) is 0 Å². The molecule has 0 aliphatic rings. The highest BCUT2D eigenvalue weighted by Crippen LogP contribution is 2.36. The number of nitrogens with zero attached hydrogens (tertiary/aromatic N) is 1. The lowest BCUT2D eigenvalue weighted by Gasteiger charge is -2.11. The Hall–Kier alpha value is -2.94. The third kappa shape index (κ3) is 6.05. The molecule has 0 aliphatic carbocycles. The first kappa shape index (κ1) is 21.4. The zero-order valence-electron chi connectivity index (χ0n) is 14.4. The number of rotatable bonds is 5. The number of hydrogen-bond acceptors (Lipinski definition) is 3. The summed E-state index contributed by atoms with van der Waals surface area (Å²) in [7, 11) is 0. The maximum Gasteiger partial charge on any atom is 0.417 e. The molecule has 0 unspecified atom stereocenters. The molecule has 0 spiro atoms. The highest BCUT2D eigenvalue weighted by molar-refractivity contribution is 6.31. The normalized spacial score (nSPS) is 11.9. The maximum absolute atomic E-state index is 12.8. The molecule has 5 nitrogen and oxygen atoms in total. The number of benzene rings is 2. The van der Waals surface area contributed by atoms with Gasteiger partial charge in [-0.15, -0.1) is 0 Å². The monoisotopic (exact) mass is 415 g/mol. The molecule has 148 valence electrons. The Labute approximate surface area is 162 Å². The number of carbonyl (C=O) groups excluding carboxylic acids is 2. The van der Waals surface area contributed by atoms with Crippen LogP contribution in [-0.4, -0.2) is 17.5 Å². The van der Waals surface area contributed by atoms with Crippen molar-refractivity contribution in [2.24, 2.45) is 5.10 Å². The molecule has 2 N–H and O–H groups in total. The number of amides is 2. The summed E-state index contributed by atoms with van der Waals surface area (Å²) in [5.41, 5.74) is 1.44. The second-order valence-corrected chi connectivity index (χ2v) is 6.12. The molecule has 0 fully saturated rings. The SMILES string of the molecule is C/C(CC(=O)Nc1ccc(Cl)c(C(F)(F)F)c1)=N\NC(=O)c1ccc(F)cc1. The predicted octanol–water partition coefficient (Wildman–Crippen LogP) is 4.63. The Morgan fingerprint density at radius 2 is 1.75 bits per heavy atom. The second kappa shape index (κ2) is 8.83. The van der Waals surface area contributed by atoms with E-state index in [-0.39, 0.29) is 23.4 Å². The highest BCUT2D eigenvalue weighted by Gasteiger charge is 2.33. The van der Waals surface area contributed by atoms with Crippen LogP contribution in [-0.2, 0) is 11.0 Å². The Morgan fingerprint density at radius 1 is 1.11 bits per heavy atom. The molecule has 2 rings (SSSR count). The molecule has 28 heavy (non-hydrogen) atoms. The van der Waals surface area contributed by atoms with E-state index in [1.54, 1.807) is 0 Å². The molecular formula is C18H14ClF4N3O2. The minimum Gasteiger partial charge on any atom is -0.326 e. The molecular weight excluding hydrogens is 402 g/mol. The fourth-order valence-corrected chi connectivity index (χ4v) is 2.33. The zero-order chi connectivity index (χ0) is 20.9. The minimum absolute atomic E-state index is 0.0788. The number of alkyl halides is 3. The number of anilines is 1. The molecule has 2 aromatic carbocycles. The maximum atomic E-state index is 12.8. The topological polar surface area (TPSA) is 70.6 Å². The number of hydrogen-bond donors (Lipinski definition) is 2. The molecule has 0 aliphatic heterocycles. The van der Waals surface area contributed by atoms with E-state index in [9.17, 15) is 27.2 Å². The fourth-order valence-electron chi connectivity index (χ4n) is 2.11. The van der Waals surface area contributed by atoms with Gasteiger partial charge in [-0.2, -0.15) is 18.3 Å². The van der Waals surface area contributed by atoms with Crippen molar-refractivity contribution in [2.45, 2.75) is 19.5 Å². The summed E-state index contributed by atoms with van der Waals surface area (Å²) in [6.07, 6.45) is -4.92.